The Morgan fingerprint density at radius 2 is 2.32 bits per heavy atom. The molecule has 1 N–H and O–H groups in total. The first-order valence-electron chi connectivity index (χ1n) is 5.75. The first kappa shape index (κ1) is 15.9. The quantitative estimate of drug-likeness (QED) is 0.477. The molecule has 0 saturated carbocycles. The monoisotopic (exact) mass is 306 g/mol. The number of rotatable bonds is 7. The van der Waals surface area contributed by atoms with Crippen LogP contribution in [0.3, 0.4) is 0 Å². The number of halogens is 1. The second kappa shape index (κ2) is 7.42. The van der Waals surface area contributed by atoms with Gasteiger partial charge in [0.1, 0.15) is 4.88 Å². The predicted octanol–water partition coefficient (Wildman–Crippen LogP) is 2.85. The fraction of sp³-hybridized carbons (Fsp3) is 0.545. The molecule has 0 unspecified atom stereocenters. The molecular formula is C11H15ClN2O4S. The van der Waals surface area contributed by atoms with Crippen molar-refractivity contribution < 1.29 is 14.5 Å². The highest BCUT2D eigenvalue weighted by Gasteiger charge is 2.20. The minimum atomic E-state index is -0.605. The molecule has 0 spiro atoms. The lowest BCUT2D eigenvalue weighted by atomic mass is 10.4. The Kier molecular flexibility index (Phi) is 6.20. The van der Waals surface area contributed by atoms with Crippen molar-refractivity contribution in [2.45, 2.75) is 26.4 Å². The summed E-state index contributed by atoms with van der Waals surface area (Å²) in [6.07, 6.45) is 0.847. The van der Waals surface area contributed by atoms with Crippen molar-refractivity contribution >= 4 is 34.5 Å². The van der Waals surface area contributed by atoms with Crippen molar-refractivity contribution in [2.24, 2.45) is 0 Å². The van der Waals surface area contributed by atoms with E-state index in [0.717, 1.165) is 11.3 Å². The molecule has 0 radical (unpaired) electrons. The molecular weight excluding hydrogens is 292 g/mol. The van der Waals surface area contributed by atoms with Gasteiger partial charge in [0, 0.05) is 19.2 Å². The summed E-state index contributed by atoms with van der Waals surface area (Å²) in [5.41, 5.74) is -0.236. The molecule has 1 heterocycles. The summed E-state index contributed by atoms with van der Waals surface area (Å²) in [6.45, 7) is 4.88. The van der Waals surface area contributed by atoms with Crippen LogP contribution < -0.4 is 5.32 Å². The van der Waals surface area contributed by atoms with Gasteiger partial charge in [-0.3, -0.25) is 14.9 Å². The zero-order chi connectivity index (χ0) is 14.4. The number of hydrogen-bond acceptors (Lipinski definition) is 5. The molecule has 0 bridgehead atoms. The third-order valence-corrected chi connectivity index (χ3v) is 3.48. The van der Waals surface area contributed by atoms with Crippen LogP contribution in [-0.2, 0) is 4.74 Å². The summed E-state index contributed by atoms with van der Waals surface area (Å²) < 4.78 is 5.34. The van der Waals surface area contributed by atoms with Crippen LogP contribution >= 0.6 is 22.9 Å². The number of carbonyl (C=O) groups excluding carboxylic acids is 1. The summed E-state index contributed by atoms with van der Waals surface area (Å²) in [4.78, 5) is 21.9. The average Bonchev–Trinajstić information content (AvgIpc) is 2.70. The number of ether oxygens (including phenoxy) is 1. The number of nitrogens with zero attached hydrogens (tertiary/aromatic N) is 1. The van der Waals surface area contributed by atoms with Gasteiger partial charge in [0.25, 0.3) is 11.6 Å². The van der Waals surface area contributed by atoms with Gasteiger partial charge in [-0.15, -0.1) is 11.3 Å². The van der Waals surface area contributed by atoms with E-state index < -0.39 is 4.92 Å². The Balaban J connectivity index is 2.41. The van der Waals surface area contributed by atoms with E-state index in [9.17, 15) is 14.9 Å². The van der Waals surface area contributed by atoms with Gasteiger partial charge < -0.3 is 10.1 Å². The summed E-state index contributed by atoms with van der Waals surface area (Å²) in [5.74, 6) is -0.357. The van der Waals surface area contributed by atoms with Crippen molar-refractivity contribution in [1.82, 2.24) is 5.32 Å². The highest BCUT2D eigenvalue weighted by atomic mass is 35.5. The molecule has 1 aromatic heterocycles. The van der Waals surface area contributed by atoms with Crippen LogP contribution in [0.5, 0.6) is 0 Å². The molecule has 0 aliphatic heterocycles. The maximum Gasteiger partial charge on any atom is 0.299 e. The Morgan fingerprint density at radius 3 is 2.84 bits per heavy atom. The highest BCUT2D eigenvalue weighted by Crippen LogP contribution is 2.33. The predicted molar refractivity (Wildman–Crippen MR) is 74.0 cm³/mol. The van der Waals surface area contributed by atoms with E-state index in [1.165, 1.54) is 6.07 Å². The Morgan fingerprint density at radius 1 is 1.63 bits per heavy atom. The number of thiophene rings is 1. The smallest absolute Gasteiger partial charge is 0.299 e. The maximum absolute atomic E-state index is 11.7. The van der Waals surface area contributed by atoms with Crippen molar-refractivity contribution in [2.75, 3.05) is 13.2 Å². The summed E-state index contributed by atoms with van der Waals surface area (Å²) >= 11 is 6.58. The molecule has 1 aromatic rings. The minimum Gasteiger partial charge on any atom is -0.379 e. The second-order valence-electron chi connectivity index (χ2n) is 4.06. The van der Waals surface area contributed by atoms with Gasteiger partial charge in [-0.25, -0.2) is 0 Å². The zero-order valence-corrected chi connectivity index (χ0v) is 12.2. The minimum absolute atomic E-state index is 0.0123. The normalized spacial score (nSPS) is 10.7. The van der Waals surface area contributed by atoms with Crippen LogP contribution in [0.25, 0.3) is 0 Å². The van der Waals surface area contributed by atoms with E-state index >= 15 is 0 Å². The number of amides is 1. The van der Waals surface area contributed by atoms with E-state index in [0.29, 0.717) is 19.6 Å². The van der Waals surface area contributed by atoms with E-state index in [1.54, 1.807) is 0 Å². The molecule has 0 aliphatic rings. The summed E-state index contributed by atoms with van der Waals surface area (Å²) in [5, 5.41) is 13.3. The van der Waals surface area contributed by atoms with Crippen LogP contribution in [0.15, 0.2) is 6.07 Å². The number of hydrogen-bond donors (Lipinski definition) is 1. The standard InChI is InChI=1S/C11H15ClN2O4S/c1-7(2)18-5-3-4-13-11(15)9-6-8(14(16)17)10(12)19-9/h6-7H,3-5H2,1-2H3,(H,13,15). The van der Waals surface area contributed by atoms with Gasteiger partial charge in [0.2, 0.25) is 0 Å². The third-order valence-electron chi connectivity index (χ3n) is 2.15. The van der Waals surface area contributed by atoms with E-state index in [1.807, 2.05) is 13.8 Å². The molecule has 1 amide bonds. The van der Waals surface area contributed by atoms with Crippen molar-refractivity contribution in [3.63, 3.8) is 0 Å². The first-order valence-corrected chi connectivity index (χ1v) is 6.94. The molecule has 8 heteroatoms. The molecule has 0 saturated heterocycles. The molecule has 0 atom stereocenters. The lowest BCUT2D eigenvalue weighted by Crippen LogP contribution is -2.24. The largest absolute Gasteiger partial charge is 0.379 e. The molecule has 6 nitrogen and oxygen atoms in total. The van der Waals surface area contributed by atoms with Crippen LogP contribution in [0.4, 0.5) is 5.69 Å². The first-order chi connectivity index (χ1) is 8.91. The van der Waals surface area contributed by atoms with Crippen molar-refractivity contribution in [3.05, 3.63) is 25.4 Å². The lowest BCUT2D eigenvalue weighted by Gasteiger charge is -2.07. The Hall–Kier alpha value is -1.18. The number of nitrogens with one attached hydrogen (secondary N) is 1. The second-order valence-corrected chi connectivity index (χ2v) is 5.71. The topological polar surface area (TPSA) is 81.5 Å². The van der Waals surface area contributed by atoms with Crippen molar-refractivity contribution in [1.29, 1.82) is 0 Å². The van der Waals surface area contributed by atoms with Crippen LogP contribution in [0.2, 0.25) is 4.34 Å². The van der Waals surface area contributed by atoms with Crippen LogP contribution in [-0.4, -0.2) is 30.1 Å². The molecule has 0 fully saturated rings. The van der Waals surface area contributed by atoms with Crippen molar-refractivity contribution in [3.8, 4) is 0 Å². The van der Waals surface area contributed by atoms with Gasteiger partial charge in [0.15, 0.2) is 4.34 Å². The summed E-state index contributed by atoms with van der Waals surface area (Å²) in [6, 6.07) is 1.19. The van der Waals surface area contributed by atoms with Crippen LogP contribution in [0.1, 0.15) is 29.9 Å². The maximum atomic E-state index is 11.7. The molecule has 0 aromatic carbocycles. The Bertz CT molecular complexity index is 462. The van der Waals surface area contributed by atoms with Gasteiger partial charge in [0.05, 0.1) is 11.0 Å². The third kappa shape index (κ3) is 5.14. The van der Waals surface area contributed by atoms with E-state index in [4.69, 9.17) is 16.3 Å². The average molecular weight is 307 g/mol. The highest BCUT2D eigenvalue weighted by molar-refractivity contribution is 7.18. The Labute approximate surface area is 119 Å². The molecule has 0 aliphatic carbocycles. The van der Waals surface area contributed by atoms with Gasteiger partial charge in [-0.1, -0.05) is 11.6 Å². The van der Waals surface area contributed by atoms with E-state index in [-0.39, 0.29) is 26.9 Å². The number of nitro groups is 1. The fourth-order valence-corrected chi connectivity index (χ4v) is 2.42. The fourth-order valence-electron chi connectivity index (χ4n) is 1.28. The number of carbonyl (C=O) groups is 1. The van der Waals surface area contributed by atoms with Crippen LogP contribution in [0, 0.1) is 10.1 Å². The summed E-state index contributed by atoms with van der Waals surface area (Å²) in [7, 11) is 0. The van der Waals surface area contributed by atoms with E-state index in [2.05, 4.69) is 5.32 Å². The SMILES string of the molecule is CC(C)OCCCNC(=O)c1cc([N+](=O)[O-])c(Cl)s1. The molecule has 106 valence electrons. The zero-order valence-electron chi connectivity index (χ0n) is 10.6. The van der Waals surface area contributed by atoms with Gasteiger partial charge in [-0.05, 0) is 20.3 Å². The molecule has 19 heavy (non-hydrogen) atoms. The van der Waals surface area contributed by atoms with Gasteiger partial charge in [-0.2, -0.15) is 0 Å². The molecule has 1 rings (SSSR count). The van der Waals surface area contributed by atoms with Gasteiger partial charge >= 0.3 is 0 Å². The lowest BCUT2D eigenvalue weighted by molar-refractivity contribution is -0.384.